The normalized spacial score (nSPS) is 24.0. The predicted octanol–water partition coefficient (Wildman–Crippen LogP) is 2.23. The highest BCUT2D eigenvalue weighted by atomic mass is 16.3. The van der Waals surface area contributed by atoms with Gasteiger partial charge in [0.05, 0.1) is 0 Å². The van der Waals surface area contributed by atoms with Gasteiger partial charge in [-0.15, -0.1) is 0 Å². The Kier molecular flexibility index (Phi) is 2.36. The molecule has 0 aliphatic heterocycles. The molecule has 1 aliphatic rings. The van der Waals surface area contributed by atoms with Gasteiger partial charge in [-0.05, 0) is 23.6 Å². The Morgan fingerprint density at radius 1 is 1.50 bits per heavy atom. The fraction of sp³-hybridized carbons (Fsp3) is 0.500. The molecule has 0 aromatic heterocycles. The van der Waals surface area contributed by atoms with E-state index in [-0.39, 0.29) is 23.4 Å². The van der Waals surface area contributed by atoms with Gasteiger partial charge in [-0.2, -0.15) is 0 Å². The van der Waals surface area contributed by atoms with Gasteiger partial charge in [0.1, 0.15) is 5.76 Å². The Balaban J connectivity index is 2.96. The minimum absolute atomic E-state index is 0.0801. The Morgan fingerprint density at radius 2 is 2.08 bits per heavy atom. The maximum atomic E-state index is 11.2. The Morgan fingerprint density at radius 3 is 2.58 bits per heavy atom. The van der Waals surface area contributed by atoms with Gasteiger partial charge in [-0.3, -0.25) is 4.79 Å². The molecule has 0 heterocycles. The number of ketones is 1. The van der Waals surface area contributed by atoms with E-state index in [1.54, 1.807) is 19.1 Å². The maximum absolute atomic E-state index is 11.2. The van der Waals surface area contributed by atoms with Crippen molar-refractivity contribution in [1.82, 2.24) is 0 Å². The zero-order chi connectivity index (χ0) is 9.30. The molecule has 0 fully saturated rings. The highest BCUT2D eigenvalue weighted by Crippen LogP contribution is 2.24. The number of aliphatic hydroxyl groups is 1. The second-order valence-electron chi connectivity index (χ2n) is 3.50. The van der Waals surface area contributed by atoms with E-state index in [0.717, 1.165) is 5.57 Å². The molecule has 0 radical (unpaired) electrons. The van der Waals surface area contributed by atoms with E-state index >= 15 is 0 Å². The molecule has 0 aromatic carbocycles. The highest BCUT2D eigenvalue weighted by molar-refractivity contribution is 5.95. The summed E-state index contributed by atoms with van der Waals surface area (Å²) in [6.45, 7) is 5.70. The molecule has 0 amide bonds. The first-order valence-corrected chi connectivity index (χ1v) is 4.19. The number of aliphatic hydroxyl groups excluding tert-OH is 1. The molecule has 1 unspecified atom stereocenters. The summed E-state index contributed by atoms with van der Waals surface area (Å²) in [6.07, 6.45) is 3.16. The number of rotatable bonds is 1. The average Bonchev–Trinajstić information content (AvgIpc) is 1.96. The van der Waals surface area contributed by atoms with Crippen LogP contribution in [0, 0.1) is 11.8 Å². The highest BCUT2D eigenvalue weighted by Gasteiger charge is 2.20. The fourth-order valence-electron chi connectivity index (χ4n) is 1.24. The molecule has 0 saturated carbocycles. The van der Waals surface area contributed by atoms with Crippen LogP contribution in [0.15, 0.2) is 23.5 Å². The molecular formula is C10H14O2. The van der Waals surface area contributed by atoms with Crippen LogP contribution in [0.2, 0.25) is 0 Å². The van der Waals surface area contributed by atoms with Gasteiger partial charge >= 0.3 is 0 Å². The van der Waals surface area contributed by atoms with Crippen LogP contribution in [-0.2, 0) is 4.79 Å². The van der Waals surface area contributed by atoms with Gasteiger partial charge in [-0.25, -0.2) is 0 Å². The summed E-state index contributed by atoms with van der Waals surface area (Å²) in [7, 11) is 0. The predicted molar refractivity (Wildman–Crippen MR) is 47.8 cm³/mol. The SMILES string of the molecule is CC(C)C1=CC(=O)C(C)C=C1O. The molecule has 0 aromatic rings. The van der Waals surface area contributed by atoms with Crippen molar-refractivity contribution in [2.24, 2.45) is 11.8 Å². The van der Waals surface area contributed by atoms with Gasteiger partial charge in [0.25, 0.3) is 0 Å². The quantitative estimate of drug-likeness (QED) is 0.648. The molecule has 66 valence electrons. The fourth-order valence-corrected chi connectivity index (χ4v) is 1.24. The van der Waals surface area contributed by atoms with Crippen LogP contribution in [0.5, 0.6) is 0 Å². The number of hydrogen-bond acceptors (Lipinski definition) is 2. The zero-order valence-corrected chi connectivity index (χ0v) is 7.66. The molecule has 1 N–H and O–H groups in total. The summed E-state index contributed by atoms with van der Waals surface area (Å²) in [5.41, 5.74) is 0.748. The monoisotopic (exact) mass is 166 g/mol. The lowest BCUT2D eigenvalue weighted by Crippen LogP contribution is -2.14. The van der Waals surface area contributed by atoms with Crippen molar-refractivity contribution < 1.29 is 9.90 Å². The van der Waals surface area contributed by atoms with Crippen molar-refractivity contribution >= 4 is 5.78 Å². The summed E-state index contributed by atoms with van der Waals surface area (Å²) < 4.78 is 0. The molecule has 0 saturated heterocycles. The van der Waals surface area contributed by atoms with Crippen LogP contribution in [0.3, 0.4) is 0 Å². The minimum Gasteiger partial charge on any atom is -0.508 e. The van der Waals surface area contributed by atoms with Crippen molar-refractivity contribution in [3.8, 4) is 0 Å². The van der Waals surface area contributed by atoms with E-state index in [9.17, 15) is 9.90 Å². The topological polar surface area (TPSA) is 37.3 Å². The van der Waals surface area contributed by atoms with E-state index in [1.807, 2.05) is 13.8 Å². The van der Waals surface area contributed by atoms with Crippen molar-refractivity contribution in [3.05, 3.63) is 23.5 Å². The van der Waals surface area contributed by atoms with E-state index < -0.39 is 0 Å². The van der Waals surface area contributed by atoms with Crippen LogP contribution < -0.4 is 0 Å². The molecule has 1 aliphatic carbocycles. The minimum atomic E-state index is -0.174. The van der Waals surface area contributed by atoms with Crippen LogP contribution in [-0.4, -0.2) is 10.9 Å². The molecular weight excluding hydrogens is 152 g/mol. The van der Waals surface area contributed by atoms with Crippen molar-refractivity contribution in [3.63, 3.8) is 0 Å². The number of hydrogen-bond donors (Lipinski definition) is 1. The van der Waals surface area contributed by atoms with Crippen LogP contribution in [0.1, 0.15) is 20.8 Å². The van der Waals surface area contributed by atoms with Gasteiger partial charge in [0, 0.05) is 5.92 Å². The van der Waals surface area contributed by atoms with E-state index in [2.05, 4.69) is 0 Å². The van der Waals surface area contributed by atoms with Gasteiger partial charge in [0.2, 0.25) is 0 Å². The number of allylic oxidation sites excluding steroid dienone is 3. The van der Waals surface area contributed by atoms with E-state index in [4.69, 9.17) is 0 Å². The van der Waals surface area contributed by atoms with Crippen LogP contribution in [0.25, 0.3) is 0 Å². The molecule has 2 heteroatoms. The standard InChI is InChI=1S/C10H14O2/c1-6(2)8-5-9(11)7(3)4-10(8)12/h4-7,12H,1-3H3. The second kappa shape index (κ2) is 3.13. The third-order valence-electron chi connectivity index (χ3n) is 2.07. The lowest BCUT2D eigenvalue weighted by molar-refractivity contribution is -0.116. The Labute approximate surface area is 72.6 Å². The average molecular weight is 166 g/mol. The summed E-state index contributed by atoms with van der Waals surface area (Å²) in [5.74, 6) is 0.374. The van der Waals surface area contributed by atoms with E-state index in [0.29, 0.717) is 0 Å². The molecule has 0 spiro atoms. The van der Waals surface area contributed by atoms with Crippen LogP contribution in [0.4, 0.5) is 0 Å². The van der Waals surface area contributed by atoms with Crippen molar-refractivity contribution in [2.45, 2.75) is 20.8 Å². The summed E-state index contributed by atoms with van der Waals surface area (Å²) in [5, 5.41) is 9.47. The molecule has 0 bridgehead atoms. The molecule has 1 rings (SSSR count). The first-order valence-electron chi connectivity index (χ1n) is 4.19. The maximum Gasteiger partial charge on any atom is 0.162 e. The van der Waals surface area contributed by atoms with Gasteiger partial charge in [-0.1, -0.05) is 20.8 Å². The lowest BCUT2D eigenvalue weighted by atomic mass is 9.90. The first kappa shape index (κ1) is 9.04. The van der Waals surface area contributed by atoms with Gasteiger partial charge in [0.15, 0.2) is 5.78 Å². The third-order valence-corrected chi connectivity index (χ3v) is 2.07. The number of carbonyl (C=O) groups excluding carboxylic acids is 1. The largest absolute Gasteiger partial charge is 0.508 e. The number of carbonyl (C=O) groups is 1. The van der Waals surface area contributed by atoms with Crippen molar-refractivity contribution in [2.75, 3.05) is 0 Å². The molecule has 1 atom stereocenters. The van der Waals surface area contributed by atoms with Gasteiger partial charge < -0.3 is 5.11 Å². The smallest absolute Gasteiger partial charge is 0.162 e. The molecule has 2 nitrogen and oxygen atoms in total. The first-order chi connectivity index (χ1) is 5.52. The second-order valence-corrected chi connectivity index (χ2v) is 3.50. The third kappa shape index (κ3) is 1.58. The Hall–Kier alpha value is -1.05. The Bertz CT molecular complexity index is 259. The van der Waals surface area contributed by atoms with Crippen molar-refractivity contribution in [1.29, 1.82) is 0 Å². The summed E-state index contributed by atoms with van der Waals surface area (Å²) >= 11 is 0. The van der Waals surface area contributed by atoms with Crippen LogP contribution >= 0.6 is 0 Å². The summed E-state index contributed by atoms with van der Waals surface area (Å²) in [6, 6.07) is 0. The lowest BCUT2D eigenvalue weighted by Gasteiger charge is -2.16. The summed E-state index contributed by atoms with van der Waals surface area (Å²) in [4.78, 5) is 11.2. The van der Waals surface area contributed by atoms with E-state index in [1.165, 1.54) is 0 Å². The molecule has 12 heavy (non-hydrogen) atoms. The zero-order valence-electron chi connectivity index (χ0n) is 7.66.